The standard InChI is InChI=1S/C18H15BrO4/c1-2-22-16-9-11(8-14(19)18(16)21)7-12-10-23-15-6-4-3-5-13(15)17(12)20/h3-9,21H,2,10H2,1H3. The second-order valence-corrected chi connectivity index (χ2v) is 5.92. The van der Waals surface area contributed by atoms with E-state index in [0.717, 1.165) is 5.56 Å². The van der Waals surface area contributed by atoms with Crippen molar-refractivity contribution < 1.29 is 19.4 Å². The average molecular weight is 375 g/mol. The van der Waals surface area contributed by atoms with Gasteiger partial charge in [-0.05, 0) is 58.8 Å². The summed E-state index contributed by atoms with van der Waals surface area (Å²) in [6, 6.07) is 10.6. The molecule has 2 aromatic rings. The second kappa shape index (κ2) is 6.46. The van der Waals surface area contributed by atoms with Gasteiger partial charge in [0.25, 0.3) is 0 Å². The van der Waals surface area contributed by atoms with Gasteiger partial charge in [-0.1, -0.05) is 12.1 Å². The van der Waals surface area contributed by atoms with Crippen LogP contribution in [0.15, 0.2) is 46.4 Å². The fourth-order valence-electron chi connectivity index (χ4n) is 2.43. The Morgan fingerprint density at radius 3 is 2.91 bits per heavy atom. The zero-order chi connectivity index (χ0) is 16.4. The summed E-state index contributed by atoms with van der Waals surface area (Å²) in [5.41, 5.74) is 1.88. The summed E-state index contributed by atoms with van der Waals surface area (Å²) in [5.74, 6) is 0.981. The van der Waals surface area contributed by atoms with E-state index in [1.54, 1.807) is 30.3 Å². The number of aromatic hydroxyl groups is 1. The van der Waals surface area contributed by atoms with Crippen molar-refractivity contribution in [2.75, 3.05) is 13.2 Å². The van der Waals surface area contributed by atoms with Gasteiger partial charge < -0.3 is 14.6 Å². The van der Waals surface area contributed by atoms with Crippen molar-refractivity contribution in [2.45, 2.75) is 6.92 Å². The predicted molar refractivity (Wildman–Crippen MR) is 91.2 cm³/mol. The number of phenols is 1. The Kier molecular flexibility index (Phi) is 4.39. The monoisotopic (exact) mass is 374 g/mol. The molecule has 0 radical (unpaired) electrons. The maximum atomic E-state index is 12.5. The lowest BCUT2D eigenvalue weighted by Crippen LogP contribution is -2.18. The first-order valence-electron chi connectivity index (χ1n) is 7.22. The fourth-order valence-corrected chi connectivity index (χ4v) is 2.88. The molecule has 1 heterocycles. The normalized spacial score (nSPS) is 15.2. The zero-order valence-corrected chi connectivity index (χ0v) is 14.1. The molecule has 1 N–H and O–H groups in total. The van der Waals surface area contributed by atoms with Gasteiger partial charge in [0.2, 0.25) is 0 Å². The van der Waals surface area contributed by atoms with Crippen LogP contribution in [0, 0.1) is 0 Å². The lowest BCUT2D eigenvalue weighted by molar-refractivity contribution is 0.100. The Morgan fingerprint density at radius 1 is 1.35 bits per heavy atom. The summed E-state index contributed by atoms with van der Waals surface area (Å²) >= 11 is 3.30. The van der Waals surface area contributed by atoms with E-state index in [1.165, 1.54) is 0 Å². The molecule has 0 amide bonds. The van der Waals surface area contributed by atoms with Crippen molar-refractivity contribution in [1.82, 2.24) is 0 Å². The fraction of sp³-hybridized carbons (Fsp3) is 0.167. The van der Waals surface area contributed by atoms with E-state index >= 15 is 0 Å². The van der Waals surface area contributed by atoms with Crippen molar-refractivity contribution in [3.63, 3.8) is 0 Å². The number of hydrogen-bond donors (Lipinski definition) is 1. The Morgan fingerprint density at radius 2 is 2.13 bits per heavy atom. The summed E-state index contributed by atoms with van der Waals surface area (Å²) in [4.78, 5) is 12.5. The summed E-state index contributed by atoms with van der Waals surface area (Å²) in [6.45, 7) is 2.50. The lowest BCUT2D eigenvalue weighted by atomic mass is 9.98. The first-order valence-corrected chi connectivity index (χ1v) is 8.02. The van der Waals surface area contributed by atoms with Crippen LogP contribution in [0.1, 0.15) is 22.8 Å². The topological polar surface area (TPSA) is 55.8 Å². The summed E-state index contributed by atoms with van der Waals surface area (Å²) in [7, 11) is 0. The number of Topliss-reactive ketones (excluding diaryl/α,β-unsaturated/α-hetero) is 1. The predicted octanol–water partition coefficient (Wildman–Crippen LogP) is 4.21. The van der Waals surface area contributed by atoms with Crippen LogP contribution in [-0.2, 0) is 0 Å². The molecule has 4 nitrogen and oxygen atoms in total. The summed E-state index contributed by atoms with van der Waals surface area (Å²) < 4.78 is 11.5. The third-order valence-corrected chi connectivity index (χ3v) is 4.10. The third-order valence-electron chi connectivity index (χ3n) is 3.50. The Labute approximate surface area is 142 Å². The van der Waals surface area contributed by atoms with E-state index < -0.39 is 0 Å². The van der Waals surface area contributed by atoms with Crippen LogP contribution < -0.4 is 9.47 Å². The largest absolute Gasteiger partial charge is 0.503 e. The molecule has 2 aromatic carbocycles. The molecule has 0 saturated heterocycles. The van der Waals surface area contributed by atoms with Gasteiger partial charge in [-0.2, -0.15) is 0 Å². The van der Waals surface area contributed by atoms with Crippen LogP contribution in [0.3, 0.4) is 0 Å². The number of phenolic OH excluding ortho intramolecular Hbond substituents is 1. The minimum atomic E-state index is -0.0472. The van der Waals surface area contributed by atoms with Gasteiger partial charge in [0.05, 0.1) is 16.6 Å². The van der Waals surface area contributed by atoms with Crippen molar-refractivity contribution in [3.8, 4) is 17.2 Å². The van der Waals surface area contributed by atoms with Crippen LogP contribution in [0.25, 0.3) is 6.08 Å². The number of fused-ring (bicyclic) bond motifs is 1. The third kappa shape index (κ3) is 3.10. The van der Waals surface area contributed by atoms with Gasteiger partial charge in [-0.25, -0.2) is 0 Å². The van der Waals surface area contributed by atoms with E-state index in [1.807, 2.05) is 19.1 Å². The number of benzene rings is 2. The number of hydrogen-bond acceptors (Lipinski definition) is 4. The highest BCUT2D eigenvalue weighted by Crippen LogP contribution is 2.36. The number of ether oxygens (including phenoxy) is 2. The van der Waals surface area contributed by atoms with Gasteiger partial charge in [-0.15, -0.1) is 0 Å². The number of para-hydroxylation sites is 1. The number of halogens is 1. The SMILES string of the molecule is CCOc1cc(C=C2COc3ccccc3C2=O)cc(Br)c1O. The van der Waals surface area contributed by atoms with Crippen molar-refractivity contribution in [2.24, 2.45) is 0 Å². The highest BCUT2D eigenvalue weighted by Gasteiger charge is 2.22. The van der Waals surface area contributed by atoms with Gasteiger partial charge in [0.15, 0.2) is 17.3 Å². The molecular formula is C18H15BrO4. The Bertz CT molecular complexity index is 796. The molecule has 23 heavy (non-hydrogen) atoms. The maximum Gasteiger partial charge on any atom is 0.196 e. The van der Waals surface area contributed by atoms with Crippen molar-refractivity contribution >= 4 is 27.8 Å². The minimum absolute atomic E-state index is 0.0468. The smallest absolute Gasteiger partial charge is 0.196 e. The highest BCUT2D eigenvalue weighted by atomic mass is 79.9. The molecular weight excluding hydrogens is 360 g/mol. The van der Waals surface area contributed by atoms with E-state index in [-0.39, 0.29) is 18.1 Å². The van der Waals surface area contributed by atoms with Crippen LogP contribution >= 0.6 is 15.9 Å². The lowest BCUT2D eigenvalue weighted by Gasteiger charge is -2.18. The van der Waals surface area contributed by atoms with Crippen LogP contribution in [-0.4, -0.2) is 24.1 Å². The van der Waals surface area contributed by atoms with Crippen molar-refractivity contribution in [3.05, 3.63) is 57.6 Å². The molecule has 0 saturated carbocycles. The molecule has 118 valence electrons. The van der Waals surface area contributed by atoms with E-state index in [4.69, 9.17) is 9.47 Å². The summed E-state index contributed by atoms with van der Waals surface area (Å²) in [5, 5.41) is 9.96. The first kappa shape index (κ1) is 15.6. The van der Waals surface area contributed by atoms with Gasteiger partial charge in [0.1, 0.15) is 12.4 Å². The second-order valence-electron chi connectivity index (χ2n) is 5.07. The van der Waals surface area contributed by atoms with Crippen LogP contribution in [0.4, 0.5) is 0 Å². The molecule has 0 aliphatic carbocycles. The maximum absolute atomic E-state index is 12.5. The molecule has 0 bridgehead atoms. The van der Waals surface area contributed by atoms with Gasteiger partial charge in [-0.3, -0.25) is 4.79 Å². The molecule has 1 aliphatic heterocycles. The molecule has 0 atom stereocenters. The molecule has 0 aromatic heterocycles. The van der Waals surface area contributed by atoms with Gasteiger partial charge >= 0.3 is 0 Å². The highest BCUT2D eigenvalue weighted by molar-refractivity contribution is 9.10. The number of carbonyl (C=O) groups is 1. The Hall–Kier alpha value is -2.27. The van der Waals surface area contributed by atoms with E-state index in [0.29, 0.717) is 33.7 Å². The molecule has 5 heteroatoms. The quantitative estimate of drug-likeness (QED) is 0.817. The summed E-state index contributed by atoms with van der Waals surface area (Å²) in [6.07, 6.45) is 1.75. The Balaban J connectivity index is 1.98. The van der Waals surface area contributed by atoms with Gasteiger partial charge in [0, 0.05) is 5.57 Å². The number of ketones is 1. The van der Waals surface area contributed by atoms with Crippen molar-refractivity contribution in [1.29, 1.82) is 0 Å². The minimum Gasteiger partial charge on any atom is -0.503 e. The first-order chi connectivity index (χ1) is 11.1. The van der Waals surface area contributed by atoms with E-state index in [2.05, 4.69) is 15.9 Å². The molecule has 0 unspecified atom stereocenters. The number of carbonyl (C=O) groups excluding carboxylic acids is 1. The average Bonchev–Trinajstić information content (AvgIpc) is 2.55. The van der Waals surface area contributed by atoms with Crippen LogP contribution in [0.2, 0.25) is 0 Å². The molecule has 3 rings (SSSR count). The molecule has 0 fully saturated rings. The van der Waals surface area contributed by atoms with Crippen LogP contribution in [0.5, 0.6) is 17.2 Å². The zero-order valence-electron chi connectivity index (χ0n) is 12.5. The molecule has 1 aliphatic rings. The van der Waals surface area contributed by atoms with E-state index in [9.17, 15) is 9.90 Å². The molecule has 0 spiro atoms. The number of rotatable bonds is 3.